The molecule has 2 unspecified atom stereocenters. The molecule has 2 nitrogen and oxygen atoms in total. The van der Waals surface area contributed by atoms with Crippen LogP contribution in [0.15, 0.2) is 6.07 Å². The molecule has 0 amide bonds. The van der Waals surface area contributed by atoms with Crippen LogP contribution in [0.4, 0.5) is 0 Å². The fraction of sp³-hybridized carbons (Fsp3) is 0.714. The Bertz CT molecular complexity index is 436. The van der Waals surface area contributed by atoms with Crippen LogP contribution < -0.4 is 0 Å². The Hall–Kier alpha value is -0.700. The van der Waals surface area contributed by atoms with E-state index in [1.54, 1.807) is 0 Å². The normalized spacial score (nSPS) is 24.5. The molecule has 1 aromatic rings. The van der Waals surface area contributed by atoms with E-state index in [2.05, 4.69) is 30.7 Å². The highest BCUT2D eigenvalue weighted by Gasteiger charge is 2.26. The van der Waals surface area contributed by atoms with Crippen molar-refractivity contribution in [2.75, 3.05) is 0 Å². The summed E-state index contributed by atoms with van der Waals surface area (Å²) in [5, 5.41) is 0. The molecule has 1 aliphatic carbocycles. The van der Waals surface area contributed by atoms with Crippen molar-refractivity contribution in [3.05, 3.63) is 22.2 Å². The predicted octanol–water partition coefficient (Wildman–Crippen LogP) is 4.56. The van der Waals surface area contributed by atoms with Crippen LogP contribution in [-0.2, 0) is 0 Å². The SMILES string of the molecule is CCC1CCC(c2nc(=S)cc(C(C)C)[nH]2)C1. The quantitative estimate of drug-likeness (QED) is 0.797. The van der Waals surface area contributed by atoms with Gasteiger partial charge in [-0.05, 0) is 37.2 Å². The highest BCUT2D eigenvalue weighted by molar-refractivity contribution is 7.71. The summed E-state index contributed by atoms with van der Waals surface area (Å²) in [6.07, 6.45) is 5.17. The summed E-state index contributed by atoms with van der Waals surface area (Å²) in [5.41, 5.74) is 1.22. The van der Waals surface area contributed by atoms with E-state index in [-0.39, 0.29) is 0 Å². The van der Waals surface area contributed by atoms with E-state index in [9.17, 15) is 0 Å². The molecule has 17 heavy (non-hydrogen) atoms. The Morgan fingerprint density at radius 2 is 2.24 bits per heavy atom. The molecule has 0 bridgehead atoms. The molecular weight excluding hydrogens is 228 g/mol. The molecule has 2 rings (SSSR count). The summed E-state index contributed by atoms with van der Waals surface area (Å²) in [6, 6.07) is 2.00. The van der Waals surface area contributed by atoms with Crippen LogP contribution in [0, 0.1) is 10.6 Å². The summed E-state index contributed by atoms with van der Waals surface area (Å²) in [7, 11) is 0. The lowest BCUT2D eigenvalue weighted by Crippen LogP contribution is -2.05. The lowest BCUT2D eigenvalue weighted by molar-refractivity contribution is 0.515. The minimum atomic E-state index is 0.488. The number of aromatic nitrogens is 2. The van der Waals surface area contributed by atoms with Gasteiger partial charge in [0, 0.05) is 11.6 Å². The lowest BCUT2D eigenvalue weighted by Gasteiger charge is -2.13. The van der Waals surface area contributed by atoms with Gasteiger partial charge in [0.05, 0.1) is 0 Å². The standard InChI is InChI=1S/C14H22N2S/c1-4-10-5-6-11(7-10)14-15-12(9(2)3)8-13(17)16-14/h8-11H,4-7H2,1-3H3,(H,15,16,17). The van der Waals surface area contributed by atoms with Gasteiger partial charge in [-0.2, -0.15) is 0 Å². The van der Waals surface area contributed by atoms with E-state index in [0.717, 1.165) is 16.4 Å². The monoisotopic (exact) mass is 250 g/mol. The van der Waals surface area contributed by atoms with Gasteiger partial charge in [-0.1, -0.05) is 39.4 Å². The van der Waals surface area contributed by atoms with E-state index >= 15 is 0 Å². The minimum Gasteiger partial charge on any atom is -0.347 e. The Morgan fingerprint density at radius 1 is 1.47 bits per heavy atom. The van der Waals surface area contributed by atoms with Crippen LogP contribution in [-0.4, -0.2) is 9.97 Å². The number of rotatable bonds is 3. The maximum Gasteiger partial charge on any atom is 0.130 e. The fourth-order valence-corrected chi connectivity index (χ4v) is 2.92. The first kappa shape index (κ1) is 12.7. The molecule has 3 heteroatoms. The van der Waals surface area contributed by atoms with Gasteiger partial charge in [-0.25, -0.2) is 4.98 Å². The maximum absolute atomic E-state index is 5.27. The molecule has 1 N–H and O–H groups in total. The van der Waals surface area contributed by atoms with Gasteiger partial charge in [-0.3, -0.25) is 0 Å². The highest BCUT2D eigenvalue weighted by Crippen LogP contribution is 2.38. The molecule has 0 radical (unpaired) electrons. The smallest absolute Gasteiger partial charge is 0.130 e. The first-order valence-corrected chi connectivity index (χ1v) is 7.12. The second kappa shape index (κ2) is 5.30. The molecule has 94 valence electrons. The van der Waals surface area contributed by atoms with Crippen LogP contribution in [0.25, 0.3) is 0 Å². The van der Waals surface area contributed by atoms with Gasteiger partial charge in [0.15, 0.2) is 0 Å². The summed E-state index contributed by atoms with van der Waals surface area (Å²) in [5.74, 6) is 3.09. The van der Waals surface area contributed by atoms with Gasteiger partial charge >= 0.3 is 0 Å². The number of hydrogen-bond donors (Lipinski definition) is 1. The topological polar surface area (TPSA) is 28.7 Å². The Balaban J connectivity index is 2.24. The van der Waals surface area contributed by atoms with Crippen molar-refractivity contribution in [1.82, 2.24) is 9.97 Å². The number of nitrogens with one attached hydrogen (secondary N) is 1. The average molecular weight is 250 g/mol. The zero-order valence-electron chi connectivity index (χ0n) is 11.0. The second-order valence-electron chi connectivity index (χ2n) is 5.50. The molecule has 0 aromatic carbocycles. The van der Waals surface area contributed by atoms with Gasteiger partial charge in [-0.15, -0.1) is 0 Å². The van der Waals surface area contributed by atoms with Crippen molar-refractivity contribution in [3.63, 3.8) is 0 Å². The maximum atomic E-state index is 5.27. The van der Waals surface area contributed by atoms with Gasteiger partial charge < -0.3 is 4.98 Å². The third-order valence-electron chi connectivity index (χ3n) is 3.91. The van der Waals surface area contributed by atoms with Gasteiger partial charge in [0.2, 0.25) is 0 Å². The third kappa shape index (κ3) is 2.95. The molecule has 1 heterocycles. The summed E-state index contributed by atoms with van der Waals surface area (Å²) < 4.78 is 0.738. The number of hydrogen-bond acceptors (Lipinski definition) is 2. The molecule has 1 aromatic heterocycles. The second-order valence-corrected chi connectivity index (χ2v) is 5.92. The first-order chi connectivity index (χ1) is 8.10. The zero-order chi connectivity index (χ0) is 12.4. The molecule has 0 spiro atoms. The number of nitrogens with zero attached hydrogens (tertiary/aromatic N) is 1. The zero-order valence-corrected chi connectivity index (χ0v) is 11.8. The average Bonchev–Trinajstić information content (AvgIpc) is 2.76. The van der Waals surface area contributed by atoms with Gasteiger partial charge in [0.25, 0.3) is 0 Å². The van der Waals surface area contributed by atoms with E-state index in [4.69, 9.17) is 12.2 Å². The molecule has 1 aliphatic rings. The minimum absolute atomic E-state index is 0.488. The van der Waals surface area contributed by atoms with E-state index in [1.807, 2.05) is 6.07 Å². The van der Waals surface area contributed by atoms with Gasteiger partial charge in [0.1, 0.15) is 10.5 Å². The van der Waals surface area contributed by atoms with E-state index < -0.39 is 0 Å². The van der Waals surface area contributed by atoms with Crippen LogP contribution >= 0.6 is 12.2 Å². The molecule has 1 fully saturated rings. The summed E-state index contributed by atoms with van der Waals surface area (Å²) in [4.78, 5) is 8.02. The number of H-pyrrole nitrogens is 1. The Labute approximate surface area is 109 Å². The van der Waals surface area contributed by atoms with Crippen molar-refractivity contribution in [1.29, 1.82) is 0 Å². The first-order valence-electron chi connectivity index (χ1n) is 6.71. The Kier molecular flexibility index (Phi) is 3.97. The molecule has 2 atom stereocenters. The van der Waals surface area contributed by atoms with E-state index in [1.165, 1.54) is 31.4 Å². The summed E-state index contributed by atoms with van der Waals surface area (Å²) in [6.45, 7) is 6.66. The third-order valence-corrected chi connectivity index (χ3v) is 4.12. The van der Waals surface area contributed by atoms with Crippen LogP contribution in [0.5, 0.6) is 0 Å². The van der Waals surface area contributed by atoms with Crippen LogP contribution in [0.2, 0.25) is 0 Å². The number of aromatic amines is 1. The fourth-order valence-electron chi connectivity index (χ4n) is 2.69. The molecule has 0 aliphatic heterocycles. The van der Waals surface area contributed by atoms with Crippen LogP contribution in [0.3, 0.4) is 0 Å². The van der Waals surface area contributed by atoms with E-state index in [0.29, 0.717) is 11.8 Å². The predicted molar refractivity (Wildman–Crippen MR) is 73.9 cm³/mol. The Morgan fingerprint density at radius 3 is 2.82 bits per heavy atom. The van der Waals surface area contributed by atoms with Crippen LogP contribution in [0.1, 0.15) is 69.8 Å². The van der Waals surface area contributed by atoms with Crippen molar-refractivity contribution in [2.45, 2.75) is 58.3 Å². The van der Waals surface area contributed by atoms with Crippen molar-refractivity contribution < 1.29 is 0 Å². The largest absolute Gasteiger partial charge is 0.347 e. The lowest BCUT2D eigenvalue weighted by atomic mass is 10.0. The highest BCUT2D eigenvalue weighted by atomic mass is 32.1. The van der Waals surface area contributed by atoms with Crippen molar-refractivity contribution in [2.24, 2.45) is 5.92 Å². The molecular formula is C14H22N2S. The molecule has 0 saturated heterocycles. The summed E-state index contributed by atoms with van der Waals surface area (Å²) >= 11 is 5.27. The molecule has 1 saturated carbocycles. The van der Waals surface area contributed by atoms with Crippen molar-refractivity contribution in [3.8, 4) is 0 Å². The van der Waals surface area contributed by atoms with Crippen molar-refractivity contribution >= 4 is 12.2 Å².